The number of halogens is 1. The number of carbonyl (C=O) groups excluding carboxylic acids is 1. The van der Waals surface area contributed by atoms with Crippen LogP contribution in [0.15, 0.2) is 54.6 Å². The lowest BCUT2D eigenvalue weighted by Gasteiger charge is -2.21. The Bertz CT molecular complexity index is 1300. The van der Waals surface area contributed by atoms with Crippen molar-refractivity contribution in [3.63, 3.8) is 0 Å². The lowest BCUT2D eigenvalue weighted by Crippen LogP contribution is -2.17. The number of benzene rings is 3. The average molecular weight is 463 g/mol. The molecule has 0 atom stereocenters. The van der Waals surface area contributed by atoms with Crippen molar-refractivity contribution >= 4 is 40.2 Å². The van der Waals surface area contributed by atoms with E-state index < -0.39 is 0 Å². The molecule has 7 heteroatoms. The number of ether oxygens (including phenoxy) is 3. The normalized spacial score (nSPS) is 16.1. The van der Waals surface area contributed by atoms with E-state index in [2.05, 4.69) is 16.3 Å². The Morgan fingerprint density at radius 1 is 1.03 bits per heavy atom. The zero-order valence-electron chi connectivity index (χ0n) is 18.6. The van der Waals surface area contributed by atoms with Crippen LogP contribution in [0.4, 0.5) is 11.4 Å². The fourth-order valence-electron chi connectivity index (χ4n) is 4.29. The molecule has 0 radical (unpaired) electrons. The van der Waals surface area contributed by atoms with E-state index in [-0.39, 0.29) is 5.91 Å². The van der Waals surface area contributed by atoms with Crippen LogP contribution in [0, 0.1) is 0 Å². The summed E-state index contributed by atoms with van der Waals surface area (Å²) in [5.41, 5.74) is 6.09. The predicted molar refractivity (Wildman–Crippen MR) is 130 cm³/mol. The molecule has 0 saturated heterocycles. The highest BCUT2D eigenvalue weighted by atomic mass is 35.5. The van der Waals surface area contributed by atoms with E-state index in [9.17, 15) is 4.79 Å². The van der Waals surface area contributed by atoms with Gasteiger partial charge in [0.2, 0.25) is 0 Å². The summed E-state index contributed by atoms with van der Waals surface area (Å²) in [6.07, 6.45) is 0. The molecule has 6 nitrogen and oxygen atoms in total. The molecule has 3 aromatic rings. The summed E-state index contributed by atoms with van der Waals surface area (Å²) in [5, 5.41) is 3.47. The van der Waals surface area contributed by atoms with Gasteiger partial charge in [0.05, 0.1) is 19.8 Å². The number of anilines is 2. The molecule has 0 spiro atoms. The largest absolute Gasteiger partial charge is 0.497 e. The highest BCUT2D eigenvalue weighted by molar-refractivity contribution is 6.38. The van der Waals surface area contributed by atoms with Crippen LogP contribution in [0.25, 0.3) is 11.3 Å². The van der Waals surface area contributed by atoms with E-state index in [1.165, 1.54) is 0 Å². The van der Waals surface area contributed by atoms with E-state index in [0.717, 1.165) is 45.1 Å². The Morgan fingerprint density at radius 3 is 2.67 bits per heavy atom. The summed E-state index contributed by atoms with van der Waals surface area (Å²) in [4.78, 5) is 14.8. The highest BCUT2D eigenvalue weighted by Crippen LogP contribution is 2.43. The maximum atomic E-state index is 12.7. The van der Waals surface area contributed by atoms with Crippen molar-refractivity contribution in [1.29, 1.82) is 0 Å². The fraction of sp³-hybridized carbons (Fsp3) is 0.192. The van der Waals surface area contributed by atoms with Crippen LogP contribution in [0.1, 0.15) is 22.3 Å². The molecule has 0 saturated carbocycles. The van der Waals surface area contributed by atoms with Gasteiger partial charge in [0.1, 0.15) is 23.9 Å². The van der Waals surface area contributed by atoms with Gasteiger partial charge in [0, 0.05) is 58.3 Å². The van der Waals surface area contributed by atoms with Gasteiger partial charge in [-0.25, -0.2) is 0 Å². The number of hydrogen-bond acceptors (Lipinski definition) is 5. The van der Waals surface area contributed by atoms with Crippen LogP contribution >= 0.6 is 11.6 Å². The summed E-state index contributed by atoms with van der Waals surface area (Å²) >= 11 is 6.18. The molecule has 2 aliphatic rings. The lowest BCUT2D eigenvalue weighted by molar-refractivity contribution is -0.110. The molecule has 0 unspecified atom stereocenters. The van der Waals surface area contributed by atoms with E-state index in [1.807, 2.05) is 43.4 Å². The van der Waals surface area contributed by atoms with Crippen LogP contribution in [0.2, 0.25) is 5.02 Å². The second-order valence-electron chi connectivity index (χ2n) is 8.01. The predicted octanol–water partition coefficient (Wildman–Crippen LogP) is 5.34. The molecule has 33 heavy (non-hydrogen) atoms. The first-order chi connectivity index (χ1) is 16.0. The Balaban J connectivity index is 1.45. The number of hydrogen-bond donors (Lipinski definition) is 1. The zero-order chi connectivity index (χ0) is 23.1. The number of rotatable bonds is 5. The summed E-state index contributed by atoms with van der Waals surface area (Å²) < 4.78 is 16.8. The smallest absolute Gasteiger partial charge is 0.260 e. The van der Waals surface area contributed by atoms with Crippen molar-refractivity contribution in [2.75, 3.05) is 31.5 Å². The number of fused-ring (bicyclic) bond motifs is 2. The summed E-state index contributed by atoms with van der Waals surface area (Å²) in [6, 6.07) is 17.3. The Morgan fingerprint density at radius 2 is 1.88 bits per heavy atom. The number of amides is 1. The lowest BCUT2D eigenvalue weighted by atomic mass is 10.00. The second kappa shape index (κ2) is 8.37. The van der Waals surface area contributed by atoms with Gasteiger partial charge >= 0.3 is 0 Å². The van der Waals surface area contributed by atoms with Gasteiger partial charge in [0.15, 0.2) is 0 Å². The molecule has 0 aromatic heterocycles. The monoisotopic (exact) mass is 462 g/mol. The second-order valence-corrected chi connectivity index (χ2v) is 8.45. The molecular weight excluding hydrogens is 440 g/mol. The first-order valence-electron chi connectivity index (χ1n) is 10.5. The molecule has 2 aliphatic heterocycles. The van der Waals surface area contributed by atoms with Crippen molar-refractivity contribution in [3.05, 3.63) is 81.9 Å². The highest BCUT2D eigenvalue weighted by Gasteiger charge is 2.32. The maximum Gasteiger partial charge on any atom is 0.260 e. The van der Waals surface area contributed by atoms with Crippen molar-refractivity contribution in [2.45, 2.75) is 13.2 Å². The first kappa shape index (κ1) is 21.2. The zero-order valence-corrected chi connectivity index (χ0v) is 19.3. The minimum atomic E-state index is -0.178. The third-order valence-corrected chi connectivity index (χ3v) is 6.24. The molecule has 1 amide bonds. The van der Waals surface area contributed by atoms with Crippen LogP contribution in [-0.4, -0.2) is 27.2 Å². The summed E-state index contributed by atoms with van der Waals surface area (Å²) in [5.74, 6) is 1.95. The van der Waals surface area contributed by atoms with Crippen molar-refractivity contribution in [1.82, 2.24) is 0 Å². The van der Waals surface area contributed by atoms with Crippen LogP contribution in [0.3, 0.4) is 0 Å². The van der Waals surface area contributed by atoms with Crippen LogP contribution < -0.4 is 19.7 Å². The SMILES string of the molecule is COc1ccc(CN(C)c2ccc3c(c2)CO/C3=C2/C(=O)Nc3ccc(Cl)cc32)c(OC)c1. The molecule has 168 valence electrons. The molecule has 0 fully saturated rings. The standard InChI is InChI=1S/C26H23ClN2O4/c1-29(13-15-4-7-19(31-2)12-23(15)32-3)18-6-8-20-16(10-18)14-33-25(20)24-21-11-17(27)5-9-22(21)28-26(24)30/h4-12H,13-14H2,1-3H3,(H,28,30)/b25-24+. The van der Waals surface area contributed by atoms with Crippen molar-refractivity contribution < 1.29 is 19.0 Å². The minimum Gasteiger partial charge on any atom is -0.497 e. The third-order valence-electron chi connectivity index (χ3n) is 6.00. The van der Waals surface area contributed by atoms with E-state index in [0.29, 0.717) is 29.5 Å². The third kappa shape index (κ3) is 3.76. The maximum absolute atomic E-state index is 12.7. The van der Waals surface area contributed by atoms with Gasteiger partial charge in [-0.15, -0.1) is 0 Å². The van der Waals surface area contributed by atoms with Gasteiger partial charge in [-0.3, -0.25) is 4.79 Å². The number of carbonyl (C=O) groups is 1. The Kier molecular flexibility index (Phi) is 5.38. The summed E-state index contributed by atoms with van der Waals surface area (Å²) in [6.45, 7) is 1.07. The molecule has 5 rings (SSSR count). The topological polar surface area (TPSA) is 60.0 Å². The first-order valence-corrected chi connectivity index (χ1v) is 10.9. The van der Waals surface area contributed by atoms with E-state index >= 15 is 0 Å². The quantitative estimate of drug-likeness (QED) is 0.518. The molecule has 3 aromatic carbocycles. The van der Waals surface area contributed by atoms with Crippen LogP contribution in [0.5, 0.6) is 11.5 Å². The van der Waals surface area contributed by atoms with Gasteiger partial charge < -0.3 is 24.4 Å². The number of methoxy groups -OCH3 is 2. The molecular formula is C26H23ClN2O4. The van der Waals surface area contributed by atoms with E-state index in [4.69, 9.17) is 25.8 Å². The van der Waals surface area contributed by atoms with Gasteiger partial charge in [-0.1, -0.05) is 11.6 Å². The van der Waals surface area contributed by atoms with E-state index in [1.54, 1.807) is 26.4 Å². The Hall–Kier alpha value is -3.64. The molecule has 0 bridgehead atoms. The van der Waals surface area contributed by atoms with Crippen LogP contribution in [-0.2, 0) is 22.7 Å². The molecule has 2 heterocycles. The van der Waals surface area contributed by atoms with Crippen molar-refractivity contribution in [3.8, 4) is 11.5 Å². The molecule has 1 N–H and O–H groups in total. The fourth-order valence-corrected chi connectivity index (χ4v) is 4.46. The summed E-state index contributed by atoms with van der Waals surface area (Å²) in [7, 11) is 5.33. The number of nitrogens with zero attached hydrogens (tertiary/aromatic N) is 1. The van der Waals surface area contributed by atoms with Crippen molar-refractivity contribution in [2.24, 2.45) is 0 Å². The van der Waals surface area contributed by atoms with Gasteiger partial charge in [-0.05, 0) is 48.5 Å². The minimum absolute atomic E-state index is 0.178. The number of nitrogens with one attached hydrogen (secondary N) is 1. The van der Waals surface area contributed by atoms with Gasteiger partial charge in [-0.2, -0.15) is 0 Å². The Labute approximate surface area is 197 Å². The van der Waals surface area contributed by atoms with Gasteiger partial charge in [0.25, 0.3) is 5.91 Å². The average Bonchev–Trinajstić information content (AvgIpc) is 3.38. The molecule has 0 aliphatic carbocycles.